The van der Waals surface area contributed by atoms with Crippen LogP contribution in [0.1, 0.15) is 17.7 Å². The fourth-order valence-corrected chi connectivity index (χ4v) is 3.83. The Morgan fingerprint density at radius 1 is 1.04 bits per heavy atom. The summed E-state index contributed by atoms with van der Waals surface area (Å²) in [5.41, 5.74) is 3.28. The standard InChI is InChI=1S/C19H26N6/c1-14-15(2)22-18(16-3-6-20-7-4-16)23-19(14)25-10-5-17(13-25)24-11-8-21-9-12-24/h3-4,6-7,17,21H,5,8-13H2,1-2H3. The summed E-state index contributed by atoms with van der Waals surface area (Å²) in [6.07, 6.45) is 4.81. The van der Waals surface area contributed by atoms with E-state index >= 15 is 0 Å². The average Bonchev–Trinajstić information content (AvgIpc) is 3.15. The monoisotopic (exact) mass is 338 g/mol. The molecule has 4 rings (SSSR count). The van der Waals surface area contributed by atoms with Crippen molar-refractivity contribution in [2.24, 2.45) is 0 Å². The van der Waals surface area contributed by atoms with Crippen LogP contribution in [0.5, 0.6) is 0 Å². The van der Waals surface area contributed by atoms with Crippen LogP contribution in [0.15, 0.2) is 24.5 Å². The van der Waals surface area contributed by atoms with Crippen LogP contribution < -0.4 is 10.2 Å². The Morgan fingerprint density at radius 2 is 1.80 bits per heavy atom. The first-order valence-electron chi connectivity index (χ1n) is 9.18. The number of nitrogens with zero attached hydrogens (tertiary/aromatic N) is 5. The van der Waals surface area contributed by atoms with Gasteiger partial charge in [0.05, 0.1) is 0 Å². The maximum Gasteiger partial charge on any atom is 0.161 e. The Kier molecular flexibility index (Phi) is 4.63. The molecular formula is C19H26N6. The van der Waals surface area contributed by atoms with Gasteiger partial charge in [0.2, 0.25) is 0 Å². The number of rotatable bonds is 3. The second kappa shape index (κ2) is 7.06. The predicted octanol–water partition coefficient (Wildman–Crippen LogP) is 1.64. The Morgan fingerprint density at radius 3 is 2.56 bits per heavy atom. The first kappa shape index (κ1) is 16.4. The lowest BCUT2D eigenvalue weighted by molar-refractivity contribution is 0.185. The number of pyridine rings is 1. The Hall–Kier alpha value is -2.05. The van der Waals surface area contributed by atoms with Gasteiger partial charge < -0.3 is 10.2 Å². The van der Waals surface area contributed by atoms with Crippen LogP contribution in [-0.2, 0) is 0 Å². The molecule has 0 radical (unpaired) electrons. The van der Waals surface area contributed by atoms with Crippen LogP contribution in [0, 0.1) is 13.8 Å². The van der Waals surface area contributed by atoms with E-state index in [2.05, 4.69) is 33.9 Å². The minimum Gasteiger partial charge on any atom is -0.355 e. The van der Waals surface area contributed by atoms with Crippen LogP contribution in [0.3, 0.4) is 0 Å². The summed E-state index contributed by atoms with van der Waals surface area (Å²) in [6.45, 7) is 10.9. The topological polar surface area (TPSA) is 57.2 Å². The molecule has 2 aromatic rings. The lowest BCUT2D eigenvalue weighted by Gasteiger charge is -2.32. The quantitative estimate of drug-likeness (QED) is 0.918. The summed E-state index contributed by atoms with van der Waals surface area (Å²) in [7, 11) is 0. The van der Waals surface area contributed by atoms with E-state index in [0.29, 0.717) is 6.04 Å². The fourth-order valence-electron chi connectivity index (χ4n) is 3.83. The Balaban J connectivity index is 1.58. The molecule has 6 heteroatoms. The van der Waals surface area contributed by atoms with Crippen molar-refractivity contribution in [3.63, 3.8) is 0 Å². The first-order valence-corrected chi connectivity index (χ1v) is 9.18. The first-order chi connectivity index (χ1) is 12.2. The van der Waals surface area contributed by atoms with E-state index < -0.39 is 0 Å². The third-order valence-electron chi connectivity index (χ3n) is 5.43. The van der Waals surface area contributed by atoms with Gasteiger partial charge in [-0.05, 0) is 32.4 Å². The van der Waals surface area contributed by atoms with Crippen molar-refractivity contribution in [3.05, 3.63) is 35.8 Å². The molecule has 2 aliphatic rings. The van der Waals surface area contributed by atoms with Crippen LogP contribution in [0.2, 0.25) is 0 Å². The van der Waals surface area contributed by atoms with Crippen LogP contribution in [0.4, 0.5) is 5.82 Å². The zero-order valence-electron chi connectivity index (χ0n) is 15.1. The van der Waals surface area contributed by atoms with E-state index in [1.165, 1.54) is 12.0 Å². The molecule has 1 unspecified atom stereocenters. The molecule has 2 aromatic heterocycles. The molecule has 0 saturated carbocycles. The third kappa shape index (κ3) is 3.37. The van der Waals surface area contributed by atoms with Gasteiger partial charge in [-0.15, -0.1) is 0 Å². The van der Waals surface area contributed by atoms with Crippen LogP contribution >= 0.6 is 0 Å². The number of aromatic nitrogens is 3. The number of piperazine rings is 1. The highest BCUT2D eigenvalue weighted by Crippen LogP contribution is 2.28. The summed E-state index contributed by atoms with van der Waals surface area (Å²) >= 11 is 0. The van der Waals surface area contributed by atoms with Gasteiger partial charge in [-0.2, -0.15) is 0 Å². The van der Waals surface area contributed by atoms with Gasteiger partial charge in [0.15, 0.2) is 5.82 Å². The maximum absolute atomic E-state index is 4.92. The van der Waals surface area contributed by atoms with Crippen molar-refractivity contribution >= 4 is 5.82 Å². The Labute approximate surface area is 149 Å². The van der Waals surface area contributed by atoms with Crippen molar-refractivity contribution < 1.29 is 0 Å². The molecular weight excluding hydrogens is 312 g/mol. The lowest BCUT2D eigenvalue weighted by atomic mass is 10.2. The molecule has 2 fully saturated rings. The number of hydrogen-bond acceptors (Lipinski definition) is 6. The minimum atomic E-state index is 0.640. The zero-order chi connectivity index (χ0) is 17.2. The van der Waals surface area contributed by atoms with Crippen molar-refractivity contribution in [2.75, 3.05) is 44.2 Å². The summed E-state index contributed by atoms with van der Waals surface area (Å²) in [6, 6.07) is 4.59. The smallest absolute Gasteiger partial charge is 0.161 e. The number of nitrogens with one attached hydrogen (secondary N) is 1. The van der Waals surface area contributed by atoms with E-state index in [1.807, 2.05) is 12.1 Å². The molecule has 0 aromatic carbocycles. The van der Waals surface area contributed by atoms with Gasteiger partial charge in [0.25, 0.3) is 0 Å². The number of hydrogen-bond donors (Lipinski definition) is 1. The van der Waals surface area contributed by atoms with Gasteiger partial charge in [-0.3, -0.25) is 9.88 Å². The summed E-state index contributed by atoms with van der Waals surface area (Å²) in [5, 5.41) is 3.44. The second-order valence-corrected chi connectivity index (χ2v) is 6.99. The third-order valence-corrected chi connectivity index (χ3v) is 5.43. The molecule has 0 spiro atoms. The molecule has 2 saturated heterocycles. The van der Waals surface area contributed by atoms with Crippen molar-refractivity contribution in [1.29, 1.82) is 0 Å². The van der Waals surface area contributed by atoms with E-state index in [0.717, 1.165) is 62.2 Å². The SMILES string of the molecule is Cc1nc(-c2ccncc2)nc(N2CCC(N3CCNCC3)C2)c1C. The number of anilines is 1. The highest BCUT2D eigenvalue weighted by Gasteiger charge is 2.30. The predicted molar refractivity (Wildman–Crippen MR) is 99.8 cm³/mol. The molecule has 4 heterocycles. The van der Waals surface area contributed by atoms with Gasteiger partial charge in [-0.25, -0.2) is 9.97 Å². The molecule has 0 aliphatic carbocycles. The molecule has 25 heavy (non-hydrogen) atoms. The van der Waals surface area contributed by atoms with Gasteiger partial charge in [-0.1, -0.05) is 0 Å². The Bertz CT molecular complexity index is 726. The molecule has 0 bridgehead atoms. The van der Waals surface area contributed by atoms with E-state index in [-0.39, 0.29) is 0 Å². The normalized spacial score (nSPS) is 21.7. The fraction of sp³-hybridized carbons (Fsp3) is 0.526. The van der Waals surface area contributed by atoms with Gasteiger partial charge >= 0.3 is 0 Å². The summed E-state index contributed by atoms with van der Waals surface area (Å²) in [5.74, 6) is 1.89. The highest BCUT2D eigenvalue weighted by molar-refractivity contribution is 5.60. The van der Waals surface area contributed by atoms with Crippen molar-refractivity contribution in [1.82, 2.24) is 25.2 Å². The summed E-state index contributed by atoms with van der Waals surface area (Å²) < 4.78 is 0. The maximum atomic E-state index is 4.92. The molecule has 132 valence electrons. The molecule has 0 amide bonds. The molecule has 2 aliphatic heterocycles. The number of aryl methyl sites for hydroxylation is 1. The van der Waals surface area contributed by atoms with Crippen LogP contribution in [-0.4, -0.2) is 65.2 Å². The van der Waals surface area contributed by atoms with Gasteiger partial charge in [0, 0.05) is 74.5 Å². The average molecular weight is 338 g/mol. The second-order valence-electron chi connectivity index (χ2n) is 6.99. The zero-order valence-corrected chi connectivity index (χ0v) is 15.1. The highest BCUT2D eigenvalue weighted by atomic mass is 15.3. The van der Waals surface area contributed by atoms with Crippen molar-refractivity contribution in [2.45, 2.75) is 26.3 Å². The summed E-state index contributed by atoms with van der Waals surface area (Å²) in [4.78, 5) is 18.8. The molecule has 6 nitrogen and oxygen atoms in total. The van der Waals surface area contributed by atoms with Crippen molar-refractivity contribution in [3.8, 4) is 11.4 Å². The van der Waals surface area contributed by atoms with Crippen LogP contribution in [0.25, 0.3) is 11.4 Å². The molecule has 1 N–H and O–H groups in total. The largest absolute Gasteiger partial charge is 0.355 e. The lowest BCUT2D eigenvalue weighted by Crippen LogP contribution is -2.49. The minimum absolute atomic E-state index is 0.640. The van der Waals surface area contributed by atoms with E-state index in [4.69, 9.17) is 9.97 Å². The van der Waals surface area contributed by atoms with E-state index in [9.17, 15) is 0 Å². The van der Waals surface area contributed by atoms with E-state index in [1.54, 1.807) is 12.4 Å². The van der Waals surface area contributed by atoms with Gasteiger partial charge in [0.1, 0.15) is 5.82 Å². The molecule has 1 atom stereocenters.